The smallest absolute Gasteiger partial charge is 0.330 e. The molecule has 2 rings (SSSR count). The van der Waals surface area contributed by atoms with Gasteiger partial charge >= 0.3 is 5.97 Å². The van der Waals surface area contributed by atoms with E-state index in [-0.39, 0.29) is 6.61 Å². The lowest BCUT2D eigenvalue weighted by atomic mass is 9.99. The molecule has 0 aromatic heterocycles. The Kier molecular flexibility index (Phi) is 6.26. The fraction of sp³-hybridized carbons (Fsp3) is 0.438. The Balaban J connectivity index is 1.87. The number of aliphatic hydroxyl groups is 3. The van der Waals surface area contributed by atoms with Crippen molar-refractivity contribution in [2.45, 2.75) is 30.7 Å². The summed E-state index contributed by atoms with van der Waals surface area (Å²) in [5.74, 6) is -0.612. The molecule has 0 radical (unpaired) electrons. The first kappa shape index (κ1) is 17.6. The summed E-state index contributed by atoms with van der Waals surface area (Å²) in [5.41, 5.74) is 0.844. The second-order valence-corrected chi connectivity index (χ2v) is 5.12. The first-order valence-electron chi connectivity index (χ1n) is 7.15. The Morgan fingerprint density at radius 1 is 1.17 bits per heavy atom. The number of benzene rings is 1. The maximum atomic E-state index is 11.7. The van der Waals surface area contributed by atoms with Crippen LogP contribution < -0.4 is 0 Å². The van der Waals surface area contributed by atoms with Crippen molar-refractivity contribution in [1.29, 1.82) is 0 Å². The van der Waals surface area contributed by atoms with Crippen molar-refractivity contribution in [3.05, 3.63) is 42.0 Å². The summed E-state index contributed by atoms with van der Waals surface area (Å²) in [6, 6.07) is 9.21. The Morgan fingerprint density at radius 3 is 2.52 bits per heavy atom. The first-order valence-corrected chi connectivity index (χ1v) is 7.15. The van der Waals surface area contributed by atoms with Gasteiger partial charge in [0.1, 0.15) is 31.0 Å². The highest BCUT2D eigenvalue weighted by atomic mass is 16.7. The lowest BCUT2D eigenvalue weighted by Gasteiger charge is -2.39. The second-order valence-electron chi connectivity index (χ2n) is 5.12. The molecule has 1 aliphatic heterocycles. The minimum Gasteiger partial charge on any atom is -0.460 e. The van der Waals surface area contributed by atoms with E-state index in [1.54, 1.807) is 6.08 Å². The molecule has 5 atom stereocenters. The highest BCUT2D eigenvalue weighted by Gasteiger charge is 2.44. The fourth-order valence-corrected chi connectivity index (χ4v) is 2.19. The molecule has 0 spiro atoms. The van der Waals surface area contributed by atoms with Crippen molar-refractivity contribution in [3.8, 4) is 0 Å². The lowest BCUT2D eigenvalue weighted by molar-refractivity contribution is -0.294. The minimum atomic E-state index is -1.45. The average Bonchev–Trinajstić information content (AvgIpc) is 2.58. The Hall–Kier alpha value is -1.77. The van der Waals surface area contributed by atoms with Crippen molar-refractivity contribution < 1.29 is 34.3 Å². The molecule has 7 heteroatoms. The van der Waals surface area contributed by atoms with Gasteiger partial charge < -0.3 is 29.5 Å². The van der Waals surface area contributed by atoms with Crippen LogP contribution in [-0.4, -0.2) is 65.7 Å². The number of carbonyl (C=O) groups is 1. The maximum Gasteiger partial charge on any atom is 0.330 e. The monoisotopic (exact) mass is 324 g/mol. The van der Waals surface area contributed by atoms with Crippen LogP contribution in [0, 0.1) is 0 Å². The topological polar surface area (TPSA) is 105 Å². The van der Waals surface area contributed by atoms with E-state index in [0.29, 0.717) is 0 Å². The second kappa shape index (κ2) is 8.19. The number of methoxy groups -OCH3 is 1. The average molecular weight is 324 g/mol. The minimum absolute atomic E-state index is 0.275. The molecule has 0 amide bonds. The molecule has 1 unspecified atom stereocenters. The predicted octanol–water partition coefficient (Wildman–Crippen LogP) is -0.303. The van der Waals surface area contributed by atoms with Gasteiger partial charge in [0.25, 0.3) is 0 Å². The molecule has 1 aliphatic rings. The molecule has 1 aromatic rings. The molecule has 0 saturated carbocycles. The number of rotatable bonds is 5. The van der Waals surface area contributed by atoms with Gasteiger partial charge in [0.15, 0.2) is 6.29 Å². The van der Waals surface area contributed by atoms with Crippen LogP contribution in [0.15, 0.2) is 36.4 Å². The lowest BCUT2D eigenvalue weighted by Crippen LogP contribution is -2.59. The standard InChI is InChI=1S/C16H20O7/c1-21-16-15(20)14(19)13(18)11(23-16)9-22-12(17)8-7-10-5-3-2-4-6-10/h2-8,11,13-16,18-20H,9H2,1H3/t11-,13-,14+,15-,16?/m1/s1. The van der Waals surface area contributed by atoms with Crippen LogP contribution >= 0.6 is 0 Å². The van der Waals surface area contributed by atoms with Crippen LogP contribution in [0.5, 0.6) is 0 Å². The SMILES string of the molecule is COC1O[C@H](COC(=O)C=Cc2ccccc2)[C@@H](O)[C@H](O)[C@H]1O. The van der Waals surface area contributed by atoms with Gasteiger partial charge in [0, 0.05) is 13.2 Å². The van der Waals surface area contributed by atoms with Gasteiger partial charge in [-0.3, -0.25) is 0 Å². The van der Waals surface area contributed by atoms with E-state index in [0.717, 1.165) is 5.56 Å². The zero-order valence-electron chi connectivity index (χ0n) is 12.6. The first-order chi connectivity index (χ1) is 11.0. The molecule has 0 aliphatic carbocycles. The normalized spacial score (nSPS) is 31.2. The molecule has 23 heavy (non-hydrogen) atoms. The maximum absolute atomic E-state index is 11.7. The summed E-state index contributed by atoms with van der Waals surface area (Å²) >= 11 is 0. The third kappa shape index (κ3) is 4.60. The summed E-state index contributed by atoms with van der Waals surface area (Å²) in [4.78, 5) is 11.7. The van der Waals surface area contributed by atoms with E-state index >= 15 is 0 Å². The third-order valence-corrected chi connectivity index (χ3v) is 3.50. The number of ether oxygens (including phenoxy) is 3. The largest absolute Gasteiger partial charge is 0.460 e. The molecule has 1 fully saturated rings. The summed E-state index contributed by atoms with van der Waals surface area (Å²) in [6.07, 6.45) is -3.45. The summed E-state index contributed by atoms with van der Waals surface area (Å²) in [7, 11) is 1.30. The van der Waals surface area contributed by atoms with E-state index in [9.17, 15) is 20.1 Å². The zero-order chi connectivity index (χ0) is 16.8. The zero-order valence-corrected chi connectivity index (χ0v) is 12.6. The molecule has 1 saturated heterocycles. The number of carbonyl (C=O) groups excluding carboxylic acids is 1. The molecule has 3 N–H and O–H groups in total. The number of esters is 1. The van der Waals surface area contributed by atoms with E-state index in [1.807, 2.05) is 30.3 Å². The molecular formula is C16H20O7. The van der Waals surface area contributed by atoms with Crippen molar-refractivity contribution in [2.24, 2.45) is 0 Å². The quantitative estimate of drug-likeness (QED) is 0.504. The van der Waals surface area contributed by atoms with Crippen molar-refractivity contribution in [2.75, 3.05) is 13.7 Å². The fourth-order valence-electron chi connectivity index (χ4n) is 2.19. The van der Waals surface area contributed by atoms with Crippen LogP contribution in [0.2, 0.25) is 0 Å². The summed E-state index contributed by atoms with van der Waals surface area (Å²) in [5, 5.41) is 29.2. The van der Waals surface area contributed by atoms with Crippen LogP contribution in [-0.2, 0) is 19.0 Å². The Labute approximate surface area is 133 Å². The Morgan fingerprint density at radius 2 is 1.87 bits per heavy atom. The molecule has 1 heterocycles. The van der Waals surface area contributed by atoms with Gasteiger partial charge in [-0.25, -0.2) is 4.79 Å². The van der Waals surface area contributed by atoms with Gasteiger partial charge in [0.05, 0.1) is 0 Å². The van der Waals surface area contributed by atoms with E-state index in [1.165, 1.54) is 13.2 Å². The highest BCUT2D eigenvalue weighted by Crippen LogP contribution is 2.21. The van der Waals surface area contributed by atoms with Crippen molar-refractivity contribution >= 4 is 12.0 Å². The molecular weight excluding hydrogens is 304 g/mol. The van der Waals surface area contributed by atoms with Gasteiger partial charge in [-0.05, 0) is 11.6 Å². The van der Waals surface area contributed by atoms with Gasteiger partial charge in [-0.2, -0.15) is 0 Å². The molecule has 126 valence electrons. The van der Waals surface area contributed by atoms with Crippen LogP contribution in [0.4, 0.5) is 0 Å². The van der Waals surface area contributed by atoms with Gasteiger partial charge in [0.2, 0.25) is 0 Å². The number of aliphatic hydroxyl groups excluding tert-OH is 3. The molecule has 1 aromatic carbocycles. The molecule has 0 bridgehead atoms. The van der Waals surface area contributed by atoms with Crippen LogP contribution in [0.1, 0.15) is 5.56 Å². The highest BCUT2D eigenvalue weighted by molar-refractivity contribution is 5.87. The third-order valence-electron chi connectivity index (χ3n) is 3.50. The van der Waals surface area contributed by atoms with Crippen molar-refractivity contribution in [3.63, 3.8) is 0 Å². The van der Waals surface area contributed by atoms with Gasteiger partial charge in [-0.1, -0.05) is 30.3 Å². The van der Waals surface area contributed by atoms with E-state index in [2.05, 4.69) is 0 Å². The van der Waals surface area contributed by atoms with Crippen molar-refractivity contribution in [1.82, 2.24) is 0 Å². The van der Waals surface area contributed by atoms with Crippen LogP contribution in [0.3, 0.4) is 0 Å². The predicted molar refractivity (Wildman–Crippen MR) is 80.1 cm³/mol. The van der Waals surface area contributed by atoms with Crippen LogP contribution in [0.25, 0.3) is 6.08 Å². The Bertz CT molecular complexity index is 528. The van der Waals surface area contributed by atoms with Gasteiger partial charge in [-0.15, -0.1) is 0 Å². The summed E-state index contributed by atoms with van der Waals surface area (Å²) in [6.45, 7) is -0.275. The summed E-state index contributed by atoms with van der Waals surface area (Å²) < 4.78 is 15.1. The van der Waals surface area contributed by atoms with E-state index < -0.39 is 36.7 Å². The molecule has 7 nitrogen and oxygen atoms in total. The number of hydrogen-bond donors (Lipinski definition) is 3. The van der Waals surface area contributed by atoms with E-state index in [4.69, 9.17) is 14.2 Å². The number of hydrogen-bond acceptors (Lipinski definition) is 7.